The minimum atomic E-state index is -1.10. The summed E-state index contributed by atoms with van der Waals surface area (Å²) in [6, 6.07) is 0. The Morgan fingerprint density at radius 2 is 1.22 bits per heavy atom. The zero-order valence-electron chi connectivity index (χ0n) is 11.5. The van der Waals surface area contributed by atoms with Crippen LogP contribution in [0.4, 0.5) is 0 Å². The molecule has 6 heteroatoms. The molecule has 18 heavy (non-hydrogen) atoms. The average Bonchev–Trinajstić information content (AvgIpc) is 2.31. The fourth-order valence-electron chi connectivity index (χ4n) is 0.659. The van der Waals surface area contributed by atoms with Gasteiger partial charge in [-0.3, -0.25) is 0 Å². The molecule has 0 rings (SSSR count). The van der Waals surface area contributed by atoms with Gasteiger partial charge in [0.05, 0.1) is 12.7 Å². The van der Waals surface area contributed by atoms with Gasteiger partial charge in [0.1, 0.15) is 0 Å². The molecule has 0 radical (unpaired) electrons. The van der Waals surface area contributed by atoms with Gasteiger partial charge in [-0.1, -0.05) is 13.3 Å². The van der Waals surface area contributed by atoms with E-state index in [1.165, 1.54) is 6.92 Å². The monoisotopic (exact) mass is 270 g/mol. The average molecular weight is 270 g/mol. The highest BCUT2D eigenvalue weighted by atomic mass is 16.5. The Morgan fingerprint density at radius 1 is 0.833 bits per heavy atom. The zero-order chi connectivity index (χ0) is 14.8. The fraction of sp³-hybridized carbons (Fsp3) is 1.00. The van der Waals surface area contributed by atoms with E-state index in [1.807, 2.05) is 6.92 Å². The molecule has 0 saturated carbocycles. The molecule has 0 spiro atoms. The van der Waals surface area contributed by atoms with Crippen LogP contribution >= 0.6 is 0 Å². The lowest BCUT2D eigenvalue weighted by atomic mass is 10.2. The molecule has 0 saturated heterocycles. The summed E-state index contributed by atoms with van der Waals surface area (Å²) in [5, 5.41) is 48.6. The first kappa shape index (κ1) is 22.9. The Bertz CT molecular complexity index is 115. The van der Waals surface area contributed by atoms with E-state index in [4.69, 9.17) is 30.6 Å². The van der Waals surface area contributed by atoms with Crippen LogP contribution in [0.2, 0.25) is 0 Å². The second kappa shape index (κ2) is 22.0. The number of aliphatic hydroxyl groups excluding tert-OH is 5. The van der Waals surface area contributed by atoms with Crippen molar-refractivity contribution >= 4 is 0 Å². The van der Waals surface area contributed by atoms with E-state index in [-0.39, 0.29) is 19.8 Å². The maximum Gasteiger partial charge on any atom is 0.151 e. The van der Waals surface area contributed by atoms with Gasteiger partial charge >= 0.3 is 0 Å². The SMILES string of the molecule is CC(O)CO.CCCC(O)O.OCCCCCO. The summed E-state index contributed by atoms with van der Waals surface area (Å²) in [6.07, 6.45) is 2.23. The summed E-state index contributed by atoms with van der Waals surface area (Å²) in [6.45, 7) is 3.79. The molecule has 6 N–H and O–H groups in total. The normalized spacial score (nSPS) is 11.2. The van der Waals surface area contributed by atoms with Crippen molar-refractivity contribution in [3.63, 3.8) is 0 Å². The van der Waals surface area contributed by atoms with E-state index in [1.54, 1.807) is 0 Å². The topological polar surface area (TPSA) is 121 Å². The Balaban J connectivity index is -0.000000190. The van der Waals surface area contributed by atoms with Crippen LogP contribution < -0.4 is 0 Å². The largest absolute Gasteiger partial charge is 0.396 e. The molecule has 0 aliphatic rings. The molecule has 0 heterocycles. The minimum absolute atomic E-state index is 0.139. The summed E-state index contributed by atoms with van der Waals surface area (Å²) < 4.78 is 0. The predicted octanol–water partition coefficient (Wildman–Crippen LogP) is -0.402. The standard InChI is InChI=1S/C5H12O2.C4H10O2.C3H8O2/c6-4-2-1-3-5-7;1-2-3-4(5)6;1-3(5)2-4/h6-7H,1-5H2;4-6H,2-3H2,1H3;3-5H,2H2,1H3. The van der Waals surface area contributed by atoms with Gasteiger partial charge in [-0.15, -0.1) is 0 Å². The van der Waals surface area contributed by atoms with E-state index in [2.05, 4.69) is 0 Å². The third kappa shape index (κ3) is 44.7. The molecular formula is C12H30O6. The third-order valence-electron chi connectivity index (χ3n) is 1.63. The van der Waals surface area contributed by atoms with Crippen LogP contribution in [0.15, 0.2) is 0 Å². The molecule has 0 amide bonds. The molecule has 6 nitrogen and oxygen atoms in total. The van der Waals surface area contributed by atoms with Crippen molar-refractivity contribution in [1.29, 1.82) is 0 Å². The number of unbranched alkanes of at least 4 members (excludes halogenated alkanes) is 2. The summed E-state index contributed by atoms with van der Waals surface area (Å²) in [5.41, 5.74) is 0. The number of aliphatic hydroxyl groups is 6. The summed E-state index contributed by atoms with van der Waals surface area (Å²) in [7, 11) is 0. The Kier molecular flexibility index (Phi) is 28.0. The second-order valence-electron chi connectivity index (χ2n) is 3.81. The molecule has 0 aromatic carbocycles. The van der Waals surface area contributed by atoms with E-state index in [9.17, 15) is 0 Å². The van der Waals surface area contributed by atoms with Crippen molar-refractivity contribution in [2.75, 3.05) is 19.8 Å². The molecular weight excluding hydrogens is 240 g/mol. The Labute approximate surface area is 110 Å². The Morgan fingerprint density at radius 3 is 1.33 bits per heavy atom. The molecule has 0 aliphatic heterocycles. The van der Waals surface area contributed by atoms with Crippen LogP contribution in [0.3, 0.4) is 0 Å². The first-order valence-electron chi connectivity index (χ1n) is 6.32. The fourth-order valence-corrected chi connectivity index (χ4v) is 0.659. The van der Waals surface area contributed by atoms with Gasteiger partial charge in [0.15, 0.2) is 6.29 Å². The number of rotatable bonds is 7. The quantitative estimate of drug-likeness (QED) is 0.276. The van der Waals surface area contributed by atoms with Crippen LogP contribution in [0, 0.1) is 0 Å². The van der Waals surface area contributed by atoms with Crippen molar-refractivity contribution in [3.8, 4) is 0 Å². The smallest absolute Gasteiger partial charge is 0.151 e. The summed E-state index contributed by atoms with van der Waals surface area (Å²) in [4.78, 5) is 0. The Hall–Kier alpha value is -0.240. The highest BCUT2D eigenvalue weighted by Gasteiger charge is 1.89. The van der Waals surface area contributed by atoms with Gasteiger partial charge in [-0.2, -0.15) is 0 Å². The lowest BCUT2D eigenvalue weighted by Crippen LogP contribution is -2.03. The number of hydrogen-bond acceptors (Lipinski definition) is 6. The molecule has 0 aromatic rings. The van der Waals surface area contributed by atoms with Crippen LogP contribution in [0.25, 0.3) is 0 Å². The number of hydrogen-bond donors (Lipinski definition) is 6. The van der Waals surface area contributed by atoms with E-state index in [0.29, 0.717) is 6.42 Å². The van der Waals surface area contributed by atoms with Gasteiger partial charge in [-0.25, -0.2) is 0 Å². The second-order valence-corrected chi connectivity index (χ2v) is 3.81. The highest BCUT2D eigenvalue weighted by Crippen LogP contribution is 1.90. The van der Waals surface area contributed by atoms with Gasteiger partial charge in [0.25, 0.3) is 0 Å². The van der Waals surface area contributed by atoms with Gasteiger partial charge in [-0.05, 0) is 32.6 Å². The van der Waals surface area contributed by atoms with Gasteiger partial charge in [0.2, 0.25) is 0 Å². The van der Waals surface area contributed by atoms with Crippen LogP contribution in [0.5, 0.6) is 0 Å². The first-order valence-corrected chi connectivity index (χ1v) is 6.32. The lowest BCUT2D eigenvalue weighted by molar-refractivity contribution is -0.0453. The van der Waals surface area contributed by atoms with E-state index in [0.717, 1.165) is 25.7 Å². The maximum absolute atomic E-state index is 8.21. The van der Waals surface area contributed by atoms with E-state index < -0.39 is 12.4 Å². The zero-order valence-corrected chi connectivity index (χ0v) is 11.5. The van der Waals surface area contributed by atoms with Crippen molar-refractivity contribution < 1.29 is 30.6 Å². The van der Waals surface area contributed by atoms with Crippen molar-refractivity contribution in [2.45, 2.75) is 58.3 Å². The van der Waals surface area contributed by atoms with Crippen molar-refractivity contribution in [1.82, 2.24) is 0 Å². The third-order valence-corrected chi connectivity index (χ3v) is 1.63. The molecule has 1 unspecified atom stereocenters. The van der Waals surface area contributed by atoms with Crippen molar-refractivity contribution in [2.24, 2.45) is 0 Å². The molecule has 1 atom stereocenters. The van der Waals surface area contributed by atoms with Crippen molar-refractivity contribution in [3.05, 3.63) is 0 Å². The van der Waals surface area contributed by atoms with Crippen LogP contribution in [-0.4, -0.2) is 62.9 Å². The van der Waals surface area contributed by atoms with Crippen LogP contribution in [0.1, 0.15) is 46.0 Å². The first-order chi connectivity index (χ1) is 8.45. The minimum Gasteiger partial charge on any atom is -0.396 e. The van der Waals surface area contributed by atoms with Gasteiger partial charge in [0, 0.05) is 13.2 Å². The molecule has 0 aliphatic carbocycles. The van der Waals surface area contributed by atoms with Gasteiger partial charge < -0.3 is 30.6 Å². The molecule has 0 aromatic heterocycles. The molecule has 0 fully saturated rings. The summed E-state index contributed by atoms with van der Waals surface area (Å²) >= 11 is 0. The highest BCUT2D eigenvalue weighted by molar-refractivity contribution is 4.35. The van der Waals surface area contributed by atoms with Crippen LogP contribution in [-0.2, 0) is 0 Å². The summed E-state index contributed by atoms with van der Waals surface area (Å²) in [5.74, 6) is 0. The lowest BCUT2D eigenvalue weighted by Gasteiger charge is -1.94. The maximum atomic E-state index is 8.21. The molecule has 114 valence electrons. The molecule has 0 bridgehead atoms. The predicted molar refractivity (Wildman–Crippen MR) is 69.9 cm³/mol. The van der Waals surface area contributed by atoms with E-state index >= 15 is 0 Å².